The summed E-state index contributed by atoms with van der Waals surface area (Å²) in [4.78, 5) is 0. The Morgan fingerprint density at radius 1 is 1.06 bits per heavy atom. The molecule has 0 N–H and O–H groups in total. The Bertz CT molecular complexity index is 509. The fourth-order valence-electron chi connectivity index (χ4n) is 1.39. The zero-order valence-electron chi connectivity index (χ0n) is 8.18. The Morgan fingerprint density at radius 2 is 1.65 bits per heavy atom. The molecule has 0 saturated carbocycles. The molecule has 1 nitrogen and oxygen atoms in total. The highest BCUT2D eigenvalue weighted by Gasteiger charge is 2.32. The molecule has 1 heterocycles. The third kappa shape index (κ3) is 2.57. The van der Waals surface area contributed by atoms with E-state index in [0.717, 1.165) is 12.1 Å². The van der Waals surface area contributed by atoms with Gasteiger partial charge in [0.1, 0.15) is 5.76 Å². The van der Waals surface area contributed by atoms with Gasteiger partial charge in [-0.1, -0.05) is 0 Å². The second-order valence-corrected chi connectivity index (χ2v) is 5.00. The molecule has 1 aromatic carbocycles. The molecular weight excluding hydrogens is 365 g/mol. The van der Waals surface area contributed by atoms with Crippen molar-refractivity contribution in [3.63, 3.8) is 0 Å². The van der Waals surface area contributed by atoms with Crippen LogP contribution in [0, 0.1) is 0 Å². The van der Waals surface area contributed by atoms with Crippen LogP contribution in [0.2, 0.25) is 0 Å². The van der Waals surface area contributed by atoms with Gasteiger partial charge in [0.15, 0.2) is 0 Å². The lowest BCUT2D eigenvalue weighted by molar-refractivity contribution is -0.137. The van der Waals surface area contributed by atoms with E-state index in [1.54, 1.807) is 12.1 Å². The van der Waals surface area contributed by atoms with Gasteiger partial charge in [-0.25, -0.2) is 0 Å². The van der Waals surface area contributed by atoms with Gasteiger partial charge in [0, 0.05) is 14.5 Å². The summed E-state index contributed by atoms with van der Waals surface area (Å²) in [6.07, 6.45) is -2.90. The lowest BCUT2D eigenvalue weighted by Crippen LogP contribution is -2.05. The average molecular weight is 370 g/mol. The molecule has 90 valence electrons. The molecule has 2 rings (SSSR count). The largest absolute Gasteiger partial charge is 0.464 e. The van der Waals surface area contributed by atoms with Gasteiger partial charge in [-0.15, -0.1) is 0 Å². The van der Waals surface area contributed by atoms with Crippen LogP contribution in [0.15, 0.2) is 43.9 Å². The highest BCUT2D eigenvalue weighted by molar-refractivity contribution is 9.11. The second kappa shape index (κ2) is 4.49. The molecular formula is C11H5Br2F3O. The van der Waals surface area contributed by atoms with Crippen molar-refractivity contribution in [1.82, 2.24) is 0 Å². The highest BCUT2D eigenvalue weighted by atomic mass is 79.9. The van der Waals surface area contributed by atoms with Crippen molar-refractivity contribution in [2.24, 2.45) is 0 Å². The molecule has 0 unspecified atom stereocenters. The molecule has 0 aliphatic carbocycles. The molecule has 0 aliphatic rings. The van der Waals surface area contributed by atoms with Crippen molar-refractivity contribution in [3.05, 3.63) is 45.0 Å². The average Bonchev–Trinajstić information content (AvgIpc) is 2.68. The Morgan fingerprint density at radius 3 is 2.06 bits per heavy atom. The van der Waals surface area contributed by atoms with E-state index < -0.39 is 11.7 Å². The van der Waals surface area contributed by atoms with Gasteiger partial charge in [-0.05, 0) is 56.1 Å². The van der Waals surface area contributed by atoms with Gasteiger partial charge >= 0.3 is 6.18 Å². The second-order valence-electron chi connectivity index (χ2n) is 3.29. The summed E-state index contributed by atoms with van der Waals surface area (Å²) in [5.74, 6) is 0.498. The van der Waals surface area contributed by atoms with E-state index in [0.29, 0.717) is 20.3 Å². The van der Waals surface area contributed by atoms with E-state index in [1.165, 1.54) is 6.26 Å². The maximum absolute atomic E-state index is 12.6. The first kappa shape index (κ1) is 12.7. The van der Waals surface area contributed by atoms with Gasteiger partial charge < -0.3 is 4.42 Å². The van der Waals surface area contributed by atoms with Crippen molar-refractivity contribution in [2.45, 2.75) is 6.18 Å². The van der Waals surface area contributed by atoms with Gasteiger partial charge in [0.25, 0.3) is 0 Å². The quantitative estimate of drug-likeness (QED) is 0.647. The molecule has 0 atom stereocenters. The number of benzene rings is 1. The third-order valence-electron chi connectivity index (χ3n) is 2.14. The Hall–Kier alpha value is -0.750. The van der Waals surface area contributed by atoms with Crippen molar-refractivity contribution < 1.29 is 17.6 Å². The van der Waals surface area contributed by atoms with Crippen LogP contribution in [-0.2, 0) is 6.18 Å². The molecule has 1 aromatic heterocycles. The number of hydrogen-bond acceptors (Lipinski definition) is 1. The predicted molar refractivity (Wildman–Crippen MR) is 64.5 cm³/mol. The SMILES string of the molecule is FC(F)(F)c1cc(Br)c(-c2ccco2)c(Br)c1. The minimum atomic E-state index is -4.37. The van der Waals surface area contributed by atoms with Crippen molar-refractivity contribution in [2.75, 3.05) is 0 Å². The lowest BCUT2D eigenvalue weighted by atomic mass is 10.1. The van der Waals surface area contributed by atoms with Gasteiger partial charge in [-0.3, -0.25) is 0 Å². The fraction of sp³-hybridized carbons (Fsp3) is 0.0909. The van der Waals surface area contributed by atoms with E-state index in [4.69, 9.17) is 4.42 Å². The van der Waals surface area contributed by atoms with E-state index in [9.17, 15) is 13.2 Å². The van der Waals surface area contributed by atoms with E-state index >= 15 is 0 Å². The lowest BCUT2D eigenvalue weighted by Gasteiger charge is -2.11. The Balaban J connectivity index is 2.58. The predicted octanol–water partition coefficient (Wildman–Crippen LogP) is 5.49. The molecule has 17 heavy (non-hydrogen) atoms. The Labute approximate surface area is 112 Å². The van der Waals surface area contributed by atoms with Gasteiger partial charge in [0.2, 0.25) is 0 Å². The fourth-order valence-corrected chi connectivity index (χ4v) is 2.97. The van der Waals surface area contributed by atoms with Crippen LogP contribution in [0.5, 0.6) is 0 Å². The first-order valence-corrected chi connectivity index (χ1v) is 6.08. The number of alkyl halides is 3. The minimum absolute atomic E-state index is 0.328. The van der Waals surface area contributed by atoms with Gasteiger partial charge in [-0.2, -0.15) is 13.2 Å². The number of furan rings is 1. The van der Waals surface area contributed by atoms with Crippen LogP contribution in [0.3, 0.4) is 0 Å². The summed E-state index contributed by atoms with van der Waals surface area (Å²) < 4.78 is 43.5. The smallest absolute Gasteiger partial charge is 0.416 e. The first-order chi connectivity index (χ1) is 7.89. The summed E-state index contributed by atoms with van der Waals surface area (Å²) >= 11 is 6.24. The van der Waals surface area contributed by atoms with Crippen molar-refractivity contribution in [1.29, 1.82) is 0 Å². The summed E-state index contributed by atoms with van der Waals surface area (Å²) in [5, 5.41) is 0. The molecule has 0 aliphatic heterocycles. The maximum atomic E-state index is 12.6. The highest BCUT2D eigenvalue weighted by Crippen LogP contribution is 2.40. The minimum Gasteiger partial charge on any atom is -0.464 e. The standard InChI is InChI=1S/C11H5Br2F3O/c12-7-4-6(11(14,15)16)5-8(13)10(7)9-2-1-3-17-9/h1-5H. The van der Waals surface area contributed by atoms with Crippen LogP contribution in [0.25, 0.3) is 11.3 Å². The molecule has 2 aromatic rings. The molecule has 0 spiro atoms. The summed E-state index contributed by atoms with van der Waals surface area (Å²) in [6, 6.07) is 5.41. The summed E-state index contributed by atoms with van der Waals surface area (Å²) in [6.45, 7) is 0. The van der Waals surface area contributed by atoms with Crippen LogP contribution < -0.4 is 0 Å². The van der Waals surface area contributed by atoms with Crippen LogP contribution in [0.4, 0.5) is 13.2 Å². The molecule has 0 fully saturated rings. The zero-order chi connectivity index (χ0) is 12.6. The molecule has 6 heteroatoms. The number of halogens is 5. The van der Waals surface area contributed by atoms with Crippen LogP contribution in [-0.4, -0.2) is 0 Å². The molecule has 0 bridgehead atoms. The normalized spacial score (nSPS) is 11.8. The van der Waals surface area contributed by atoms with E-state index in [2.05, 4.69) is 31.9 Å². The topological polar surface area (TPSA) is 13.1 Å². The molecule has 0 amide bonds. The van der Waals surface area contributed by atoms with Crippen molar-refractivity contribution in [3.8, 4) is 11.3 Å². The summed E-state index contributed by atoms with van der Waals surface area (Å²) in [5.41, 5.74) is -0.158. The van der Waals surface area contributed by atoms with Gasteiger partial charge in [0.05, 0.1) is 11.8 Å². The van der Waals surface area contributed by atoms with Crippen LogP contribution in [0.1, 0.15) is 5.56 Å². The third-order valence-corrected chi connectivity index (χ3v) is 3.39. The maximum Gasteiger partial charge on any atom is 0.416 e. The monoisotopic (exact) mass is 368 g/mol. The molecule has 0 saturated heterocycles. The molecule has 0 radical (unpaired) electrons. The van der Waals surface area contributed by atoms with E-state index in [-0.39, 0.29) is 0 Å². The Kier molecular flexibility index (Phi) is 3.36. The number of rotatable bonds is 1. The number of hydrogen-bond donors (Lipinski definition) is 0. The first-order valence-electron chi connectivity index (χ1n) is 4.49. The van der Waals surface area contributed by atoms with Crippen molar-refractivity contribution >= 4 is 31.9 Å². The zero-order valence-corrected chi connectivity index (χ0v) is 11.4. The summed E-state index contributed by atoms with van der Waals surface area (Å²) in [7, 11) is 0. The van der Waals surface area contributed by atoms with E-state index in [1.807, 2.05) is 0 Å². The van der Waals surface area contributed by atoms with Crippen LogP contribution >= 0.6 is 31.9 Å².